The number of carboxylic acid groups (broad SMARTS) is 1. The molecule has 114 valence electrons. The van der Waals surface area contributed by atoms with Gasteiger partial charge in [0.2, 0.25) is 0 Å². The molecule has 21 heavy (non-hydrogen) atoms. The summed E-state index contributed by atoms with van der Waals surface area (Å²) in [6, 6.07) is 8.12. The Morgan fingerprint density at radius 3 is 2.57 bits per heavy atom. The van der Waals surface area contributed by atoms with Crippen LogP contribution in [0.2, 0.25) is 0 Å². The number of aliphatic hydroxyl groups is 1. The molecular weight excluding hydrogens is 274 g/mol. The monoisotopic (exact) mass is 293 g/mol. The molecule has 0 bridgehead atoms. The van der Waals surface area contributed by atoms with Crippen molar-refractivity contribution in [3.05, 3.63) is 35.9 Å². The van der Waals surface area contributed by atoms with Crippen molar-refractivity contribution in [3.63, 3.8) is 0 Å². The van der Waals surface area contributed by atoms with Crippen LogP contribution in [-0.4, -0.2) is 34.4 Å². The Kier molecular flexibility index (Phi) is 5.16. The van der Waals surface area contributed by atoms with E-state index >= 15 is 0 Å². The van der Waals surface area contributed by atoms with E-state index in [1.807, 2.05) is 30.3 Å². The van der Waals surface area contributed by atoms with E-state index in [1.165, 1.54) is 0 Å². The molecule has 1 aromatic carbocycles. The highest BCUT2D eigenvalue weighted by molar-refractivity contribution is 5.80. The SMILES string of the molecule is O=C(NC(C(=O)O)C1CCC(O)C1)OCc1ccccc1. The Bertz CT molecular complexity index is 490. The first-order valence-electron chi connectivity index (χ1n) is 6.94. The molecule has 1 fully saturated rings. The fourth-order valence-electron chi connectivity index (χ4n) is 2.57. The van der Waals surface area contributed by atoms with Crippen LogP contribution in [0.1, 0.15) is 24.8 Å². The number of carbonyl (C=O) groups is 2. The number of alkyl carbamates (subject to hydrolysis) is 1. The molecule has 1 aromatic rings. The summed E-state index contributed by atoms with van der Waals surface area (Å²) in [5.74, 6) is -1.37. The van der Waals surface area contributed by atoms with Crippen LogP contribution in [0.25, 0.3) is 0 Å². The Morgan fingerprint density at radius 1 is 1.29 bits per heavy atom. The summed E-state index contributed by atoms with van der Waals surface area (Å²) in [5, 5.41) is 21.1. The van der Waals surface area contributed by atoms with Crippen LogP contribution in [0.15, 0.2) is 30.3 Å². The number of hydrogen-bond donors (Lipinski definition) is 3. The van der Waals surface area contributed by atoms with Crippen molar-refractivity contribution >= 4 is 12.1 Å². The largest absolute Gasteiger partial charge is 0.480 e. The van der Waals surface area contributed by atoms with Crippen LogP contribution in [0.3, 0.4) is 0 Å². The highest BCUT2D eigenvalue weighted by Gasteiger charge is 2.35. The highest BCUT2D eigenvalue weighted by Crippen LogP contribution is 2.28. The lowest BCUT2D eigenvalue weighted by atomic mass is 9.98. The molecule has 1 aliphatic carbocycles. The van der Waals surface area contributed by atoms with E-state index in [0.29, 0.717) is 19.3 Å². The lowest BCUT2D eigenvalue weighted by molar-refractivity contribution is -0.140. The molecule has 3 unspecified atom stereocenters. The summed E-state index contributed by atoms with van der Waals surface area (Å²) in [5.41, 5.74) is 0.829. The van der Waals surface area contributed by atoms with Crippen LogP contribution < -0.4 is 5.32 Å². The van der Waals surface area contributed by atoms with Gasteiger partial charge in [0.1, 0.15) is 12.6 Å². The zero-order valence-electron chi connectivity index (χ0n) is 11.6. The lowest BCUT2D eigenvalue weighted by Gasteiger charge is -2.20. The number of benzene rings is 1. The predicted octanol–water partition coefficient (Wildman–Crippen LogP) is 1.53. The van der Waals surface area contributed by atoms with Crippen molar-refractivity contribution in [2.24, 2.45) is 5.92 Å². The van der Waals surface area contributed by atoms with Crippen molar-refractivity contribution < 1.29 is 24.5 Å². The number of rotatable bonds is 5. The smallest absolute Gasteiger partial charge is 0.408 e. The minimum Gasteiger partial charge on any atom is -0.480 e. The van der Waals surface area contributed by atoms with Crippen molar-refractivity contribution in [3.8, 4) is 0 Å². The van der Waals surface area contributed by atoms with Crippen LogP contribution in [-0.2, 0) is 16.1 Å². The third-order valence-electron chi connectivity index (χ3n) is 3.67. The molecule has 0 radical (unpaired) electrons. The molecule has 1 aliphatic rings. The third kappa shape index (κ3) is 4.46. The summed E-state index contributed by atoms with van der Waals surface area (Å²) in [7, 11) is 0. The zero-order valence-corrected chi connectivity index (χ0v) is 11.6. The van der Waals surface area contributed by atoms with Gasteiger partial charge in [-0.3, -0.25) is 0 Å². The molecule has 1 saturated carbocycles. The molecule has 6 nitrogen and oxygen atoms in total. The van der Waals surface area contributed by atoms with E-state index in [4.69, 9.17) is 4.74 Å². The number of carboxylic acids is 1. The van der Waals surface area contributed by atoms with Gasteiger partial charge in [-0.15, -0.1) is 0 Å². The maximum Gasteiger partial charge on any atom is 0.408 e. The number of ether oxygens (including phenoxy) is 1. The number of hydrogen-bond acceptors (Lipinski definition) is 4. The van der Waals surface area contributed by atoms with Crippen LogP contribution >= 0.6 is 0 Å². The quantitative estimate of drug-likeness (QED) is 0.765. The first-order valence-corrected chi connectivity index (χ1v) is 6.94. The van der Waals surface area contributed by atoms with Crippen LogP contribution in [0.4, 0.5) is 4.79 Å². The average molecular weight is 293 g/mol. The topological polar surface area (TPSA) is 95.9 Å². The normalized spacial score (nSPS) is 22.5. The zero-order chi connectivity index (χ0) is 15.2. The number of aliphatic carboxylic acids is 1. The first kappa shape index (κ1) is 15.3. The Labute approximate surface area is 122 Å². The molecule has 0 saturated heterocycles. The van der Waals surface area contributed by atoms with E-state index in [2.05, 4.69) is 5.32 Å². The fraction of sp³-hybridized carbons (Fsp3) is 0.467. The molecule has 0 aliphatic heterocycles. The Hall–Kier alpha value is -2.08. The molecule has 3 N–H and O–H groups in total. The van der Waals surface area contributed by atoms with E-state index in [0.717, 1.165) is 5.56 Å². The van der Waals surface area contributed by atoms with E-state index in [1.54, 1.807) is 0 Å². The number of carbonyl (C=O) groups excluding carboxylic acids is 1. The number of amides is 1. The Balaban J connectivity index is 1.85. The van der Waals surface area contributed by atoms with Gasteiger partial charge in [-0.1, -0.05) is 30.3 Å². The number of aliphatic hydroxyl groups excluding tert-OH is 1. The summed E-state index contributed by atoms with van der Waals surface area (Å²) in [6.07, 6.45) is 0.286. The van der Waals surface area contributed by atoms with E-state index in [-0.39, 0.29) is 12.5 Å². The minimum absolute atomic E-state index is 0.0896. The third-order valence-corrected chi connectivity index (χ3v) is 3.67. The van der Waals surface area contributed by atoms with Gasteiger partial charge in [-0.25, -0.2) is 9.59 Å². The molecule has 0 aromatic heterocycles. The van der Waals surface area contributed by atoms with Gasteiger partial charge in [0.05, 0.1) is 6.10 Å². The Morgan fingerprint density at radius 2 is 2.00 bits per heavy atom. The van der Waals surface area contributed by atoms with Gasteiger partial charge in [0.25, 0.3) is 0 Å². The van der Waals surface area contributed by atoms with Crippen molar-refractivity contribution in [1.29, 1.82) is 0 Å². The minimum atomic E-state index is -1.11. The second-order valence-electron chi connectivity index (χ2n) is 5.25. The molecule has 0 spiro atoms. The van der Waals surface area contributed by atoms with E-state index < -0.39 is 24.2 Å². The molecule has 2 rings (SSSR count). The fourth-order valence-corrected chi connectivity index (χ4v) is 2.57. The van der Waals surface area contributed by atoms with Crippen LogP contribution in [0, 0.1) is 5.92 Å². The maximum absolute atomic E-state index is 11.7. The van der Waals surface area contributed by atoms with Gasteiger partial charge >= 0.3 is 12.1 Å². The molecular formula is C15H19NO5. The van der Waals surface area contributed by atoms with Crippen molar-refractivity contribution in [2.75, 3.05) is 0 Å². The summed E-state index contributed by atoms with van der Waals surface area (Å²) < 4.78 is 5.02. The summed E-state index contributed by atoms with van der Waals surface area (Å²) >= 11 is 0. The molecule has 3 atom stereocenters. The molecule has 0 heterocycles. The second-order valence-corrected chi connectivity index (χ2v) is 5.25. The summed E-state index contributed by atoms with van der Waals surface area (Å²) in [6.45, 7) is 0.0896. The van der Waals surface area contributed by atoms with Crippen molar-refractivity contribution in [2.45, 2.75) is 38.0 Å². The first-order chi connectivity index (χ1) is 10.1. The van der Waals surface area contributed by atoms with Gasteiger partial charge in [-0.05, 0) is 30.7 Å². The molecule has 6 heteroatoms. The average Bonchev–Trinajstić information content (AvgIpc) is 2.89. The summed E-state index contributed by atoms with van der Waals surface area (Å²) in [4.78, 5) is 23.0. The van der Waals surface area contributed by atoms with Gasteiger partial charge < -0.3 is 20.3 Å². The lowest BCUT2D eigenvalue weighted by Crippen LogP contribution is -2.45. The van der Waals surface area contributed by atoms with Gasteiger partial charge in [0, 0.05) is 0 Å². The van der Waals surface area contributed by atoms with E-state index in [9.17, 15) is 19.8 Å². The highest BCUT2D eigenvalue weighted by atomic mass is 16.5. The maximum atomic E-state index is 11.7. The second kappa shape index (κ2) is 7.08. The van der Waals surface area contributed by atoms with Gasteiger partial charge in [0.15, 0.2) is 0 Å². The predicted molar refractivity (Wildman–Crippen MR) is 74.5 cm³/mol. The standard InChI is InChI=1S/C15H19NO5/c17-12-7-6-11(8-12)13(14(18)19)16-15(20)21-9-10-4-2-1-3-5-10/h1-5,11-13,17H,6-9H2,(H,16,20)(H,18,19). The number of nitrogens with one attached hydrogen (secondary N) is 1. The van der Waals surface area contributed by atoms with Crippen LogP contribution in [0.5, 0.6) is 0 Å². The molecule has 1 amide bonds. The van der Waals surface area contributed by atoms with Gasteiger partial charge in [-0.2, -0.15) is 0 Å². The van der Waals surface area contributed by atoms with Crippen molar-refractivity contribution in [1.82, 2.24) is 5.32 Å².